The maximum Gasteiger partial charge on any atom is 0.282 e. The highest BCUT2D eigenvalue weighted by Gasteiger charge is 2.09. The molecule has 4 heterocycles. The molecule has 4 aromatic rings. The Balaban J connectivity index is 1.63. The van der Waals surface area contributed by atoms with Crippen LogP contribution in [0.5, 0.6) is 0 Å². The molecule has 0 aromatic carbocycles. The topological polar surface area (TPSA) is 192 Å². The number of rotatable bonds is 3. The molecule has 0 unspecified atom stereocenters. The standard InChI is InChI=1S/C9H8N12O/c10-4-2-5(12-1-11-2)14-8(13-4)19-20-9-15-6-3(7(22)16-9)17-21-18-6/h1H,(H4,10,11,12,13,14,19)(H3,15,16,17,18,20,21,22). The minimum Gasteiger partial charge on any atom is -0.382 e. The Labute approximate surface area is 119 Å². The zero-order chi connectivity index (χ0) is 15.1. The summed E-state index contributed by atoms with van der Waals surface area (Å²) in [6.07, 6.45) is 1.46. The second-order valence-electron chi connectivity index (χ2n) is 4.19. The van der Waals surface area contributed by atoms with E-state index < -0.39 is 5.56 Å². The van der Waals surface area contributed by atoms with Crippen molar-refractivity contribution in [2.75, 3.05) is 16.6 Å². The Morgan fingerprint density at radius 3 is 2.91 bits per heavy atom. The van der Waals surface area contributed by atoms with E-state index in [4.69, 9.17) is 5.73 Å². The van der Waals surface area contributed by atoms with Crippen LogP contribution in [0.2, 0.25) is 0 Å². The Bertz CT molecular complexity index is 1030. The third-order valence-corrected chi connectivity index (χ3v) is 2.80. The van der Waals surface area contributed by atoms with Gasteiger partial charge in [0.1, 0.15) is 5.52 Å². The molecule has 0 spiro atoms. The van der Waals surface area contributed by atoms with E-state index in [2.05, 4.69) is 56.2 Å². The van der Waals surface area contributed by atoms with Crippen molar-refractivity contribution in [3.8, 4) is 0 Å². The minimum absolute atomic E-state index is 0.115. The highest BCUT2D eigenvalue weighted by Crippen LogP contribution is 2.15. The number of nitrogen functional groups attached to an aromatic ring is 1. The van der Waals surface area contributed by atoms with Crippen molar-refractivity contribution in [2.45, 2.75) is 0 Å². The molecule has 0 atom stereocenters. The van der Waals surface area contributed by atoms with E-state index >= 15 is 0 Å². The lowest BCUT2D eigenvalue weighted by atomic mass is 10.5. The lowest BCUT2D eigenvalue weighted by Gasteiger charge is -2.07. The molecule has 13 nitrogen and oxygen atoms in total. The maximum absolute atomic E-state index is 11.7. The Kier molecular flexibility index (Phi) is 2.38. The number of nitrogens with zero attached hydrogens (tertiary/aromatic N) is 6. The van der Waals surface area contributed by atoms with Gasteiger partial charge in [0.15, 0.2) is 17.0 Å². The number of nitrogens with two attached hydrogens (primary N) is 1. The van der Waals surface area contributed by atoms with E-state index in [-0.39, 0.29) is 28.9 Å². The SMILES string of the molecule is Nc1nc(NNc2nc3n[nH]nc3c(=O)[nH]2)nc2nc[nH]c12. The van der Waals surface area contributed by atoms with E-state index in [1.54, 1.807) is 0 Å². The minimum atomic E-state index is -0.439. The lowest BCUT2D eigenvalue weighted by Crippen LogP contribution is -2.18. The number of nitrogens with one attached hydrogen (secondary N) is 5. The van der Waals surface area contributed by atoms with Gasteiger partial charge in [0, 0.05) is 0 Å². The van der Waals surface area contributed by atoms with Gasteiger partial charge in [0.2, 0.25) is 17.5 Å². The van der Waals surface area contributed by atoms with Gasteiger partial charge in [0.05, 0.1) is 6.33 Å². The highest BCUT2D eigenvalue weighted by molar-refractivity contribution is 5.82. The van der Waals surface area contributed by atoms with Crippen molar-refractivity contribution < 1.29 is 0 Å². The molecule has 0 amide bonds. The average molecular weight is 300 g/mol. The molecule has 0 aliphatic carbocycles. The molecule has 0 aliphatic rings. The van der Waals surface area contributed by atoms with Crippen LogP contribution in [-0.2, 0) is 0 Å². The van der Waals surface area contributed by atoms with Crippen molar-refractivity contribution >= 4 is 40.0 Å². The number of hydrogen-bond acceptors (Lipinski definition) is 10. The summed E-state index contributed by atoms with van der Waals surface area (Å²) in [5.74, 6) is 0.524. The molecule has 4 rings (SSSR count). The van der Waals surface area contributed by atoms with Crippen molar-refractivity contribution in [1.82, 2.24) is 45.3 Å². The first-order valence-corrected chi connectivity index (χ1v) is 6.00. The van der Waals surface area contributed by atoms with Gasteiger partial charge in [-0.15, -0.1) is 10.2 Å². The second kappa shape index (κ2) is 4.37. The zero-order valence-corrected chi connectivity index (χ0v) is 10.7. The van der Waals surface area contributed by atoms with Crippen molar-refractivity contribution in [3.63, 3.8) is 0 Å². The molecule has 0 saturated carbocycles. The average Bonchev–Trinajstić information content (AvgIpc) is 3.13. The normalized spacial score (nSPS) is 11.1. The number of anilines is 3. The van der Waals surface area contributed by atoms with Crippen LogP contribution in [0.15, 0.2) is 11.1 Å². The van der Waals surface area contributed by atoms with Crippen molar-refractivity contribution in [1.29, 1.82) is 0 Å². The van der Waals surface area contributed by atoms with E-state index in [0.29, 0.717) is 11.2 Å². The van der Waals surface area contributed by atoms with Gasteiger partial charge in [-0.05, 0) is 0 Å². The number of hydrogen-bond donors (Lipinski definition) is 6. The number of aromatic amines is 3. The van der Waals surface area contributed by atoms with E-state index in [1.165, 1.54) is 6.33 Å². The van der Waals surface area contributed by atoms with E-state index in [1.807, 2.05) is 0 Å². The Hall–Kier alpha value is -3.77. The molecule has 13 heteroatoms. The Morgan fingerprint density at radius 2 is 2.00 bits per heavy atom. The quantitative estimate of drug-likeness (QED) is 0.248. The first kappa shape index (κ1) is 12.0. The summed E-state index contributed by atoms with van der Waals surface area (Å²) in [6.45, 7) is 0. The first-order chi connectivity index (χ1) is 10.7. The maximum atomic E-state index is 11.7. The molecule has 0 bridgehead atoms. The number of hydrazine groups is 1. The number of imidazole rings is 1. The van der Waals surface area contributed by atoms with Crippen LogP contribution < -0.4 is 22.1 Å². The summed E-state index contributed by atoms with van der Waals surface area (Å²) in [7, 11) is 0. The monoisotopic (exact) mass is 300 g/mol. The predicted molar refractivity (Wildman–Crippen MR) is 75.6 cm³/mol. The van der Waals surface area contributed by atoms with E-state index in [9.17, 15) is 4.79 Å². The van der Waals surface area contributed by atoms with Crippen molar-refractivity contribution in [2.24, 2.45) is 0 Å². The summed E-state index contributed by atoms with van der Waals surface area (Å²) in [5.41, 5.74) is 11.9. The molecule has 22 heavy (non-hydrogen) atoms. The lowest BCUT2D eigenvalue weighted by molar-refractivity contribution is 0.954. The highest BCUT2D eigenvalue weighted by atomic mass is 16.1. The molecule has 0 saturated heterocycles. The van der Waals surface area contributed by atoms with Gasteiger partial charge in [0.25, 0.3) is 5.56 Å². The van der Waals surface area contributed by atoms with Gasteiger partial charge in [-0.2, -0.15) is 20.2 Å². The molecule has 0 fully saturated rings. The molecule has 7 N–H and O–H groups in total. The number of H-pyrrole nitrogens is 3. The molecule has 0 radical (unpaired) electrons. The number of fused-ring (bicyclic) bond motifs is 2. The van der Waals surface area contributed by atoms with Gasteiger partial charge in [-0.1, -0.05) is 0 Å². The van der Waals surface area contributed by atoms with E-state index in [0.717, 1.165) is 0 Å². The third kappa shape index (κ3) is 1.84. The van der Waals surface area contributed by atoms with Crippen LogP contribution in [-0.4, -0.2) is 45.3 Å². The van der Waals surface area contributed by atoms with Crippen LogP contribution in [0.25, 0.3) is 22.3 Å². The first-order valence-electron chi connectivity index (χ1n) is 6.00. The van der Waals surface area contributed by atoms with Gasteiger partial charge >= 0.3 is 0 Å². The third-order valence-electron chi connectivity index (χ3n) is 2.80. The fourth-order valence-corrected chi connectivity index (χ4v) is 1.84. The molecule has 0 aliphatic heterocycles. The fraction of sp³-hybridized carbons (Fsp3) is 0. The molecule has 110 valence electrons. The summed E-state index contributed by atoms with van der Waals surface area (Å²) in [5, 5.41) is 9.74. The summed E-state index contributed by atoms with van der Waals surface area (Å²) < 4.78 is 0. The largest absolute Gasteiger partial charge is 0.382 e. The van der Waals surface area contributed by atoms with Crippen molar-refractivity contribution in [3.05, 3.63) is 16.7 Å². The van der Waals surface area contributed by atoms with Crippen LogP contribution in [0.1, 0.15) is 0 Å². The van der Waals surface area contributed by atoms with Gasteiger partial charge in [-0.3, -0.25) is 20.6 Å². The Morgan fingerprint density at radius 1 is 1.09 bits per heavy atom. The predicted octanol–water partition coefficient (Wildman–Crippen LogP) is -1.27. The van der Waals surface area contributed by atoms with Crippen LogP contribution >= 0.6 is 0 Å². The smallest absolute Gasteiger partial charge is 0.282 e. The molecular formula is C9H8N12O. The molecular weight excluding hydrogens is 292 g/mol. The number of aromatic nitrogens is 9. The van der Waals surface area contributed by atoms with Crippen LogP contribution in [0, 0.1) is 0 Å². The summed E-state index contributed by atoms with van der Waals surface area (Å²) in [4.78, 5) is 33.2. The zero-order valence-electron chi connectivity index (χ0n) is 10.7. The van der Waals surface area contributed by atoms with Crippen LogP contribution in [0.3, 0.4) is 0 Å². The summed E-state index contributed by atoms with van der Waals surface area (Å²) >= 11 is 0. The second-order valence-corrected chi connectivity index (χ2v) is 4.19. The summed E-state index contributed by atoms with van der Waals surface area (Å²) in [6, 6.07) is 0. The van der Waals surface area contributed by atoms with Gasteiger partial charge in [-0.25, -0.2) is 4.98 Å². The van der Waals surface area contributed by atoms with Gasteiger partial charge < -0.3 is 10.7 Å². The fourth-order valence-electron chi connectivity index (χ4n) is 1.84. The van der Waals surface area contributed by atoms with Crippen LogP contribution in [0.4, 0.5) is 17.7 Å². The molecule has 4 aromatic heterocycles.